The lowest BCUT2D eigenvalue weighted by Gasteiger charge is -2.23. The predicted octanol–water partition coefficient (Wildman–Crippen LogP) is 0.860. The molecule has 1 heteroatoms. The van der Waals surface area contributed by atoms with Crippen LogP contribution < -0.4 is 5.32 Å². The monoisotopic (exact) mass is 111 g/mol. The van der Waals surface area contributed by atoms with Crippen LogP contribution in [-0.4, -0.2) is 13.1 Å². The van der Waals surface area contributed by atoms with Crippen LogP contribution in [0, 0.1) is 17.8 Å². The van der Waals surface area contributed by atoms with Gasteiger partial charge in [0.05, 0.1) is 0 Å². The van der Waals surface area contributed by atoms with Crippen molar-refractivity contribution in [2.24, 2.45) is 17.8 Å². The Labute approximate surface area is 50.5 Å². The molecule has 1 N–H and O–H groups in total. The summed E-state index contributed by atoms with van der Waals surface area (Å²) < 4.78 is 0. The third-order valence-electron chi connectivity index (χ3n) is 3.00. The summed E-state index contributed by atoms with van der Waals surface area (Å²) in [7, 11) is 2.08. The fourth-order valence-corrected chi connectivity index (χ4v) is 2.18. The van der Waals surface area contributed by atoms with Gasteiger partial charge in [-0.2, -0.15) is 0 Å². The average molecular weight is 111 g/mol. The van der Waals surface area contributed by atoms with Gasteiger partial charge in [0.25, 0.3) is 0 Å². The van der Waals surface area contributed by atoms with Crippen molar-refractivity contribution < 1.29 is 0 Å². The molecule has 0 aromatic carbocycles. The molecule has 46 valence electrons. The molecule has 2 aliphatic carbocycles. The first-order valence-electron chi connectivity index (χ1n) is 3.52. The molecule has 4 atom stereocenters. The van der Waals surface area contributed by atoms with E-state index in [1.807, 2.05) is 0 Å². The Morgan fingerprint density at radius 3 is 2.38 bits per heavy atom. The molecular weight excluding hydrogens is 98.1 g/mol. The van der Waals surface area contributed by atoms with E-state index in [1.165, 1.54) is 6.42 Å². The summed E-state index contributed by atoms with van der Waals surface area (Å²) in [6, 6.07) is 0.884. The molecule has 0 spiro atoms. The van der Waals surface area contributed by atoms with E-state index in [4.69, 9.17) is 0 Å². The van der Waals surface area contributed by atoms with Crippen LogP contribution in [-0.2, 0) is 0 Å². The molecule has 2 fully saturated rings. The van der Waals surface area contributed by atoms with Gasteiger partial charge in [-0.1, -0.05) is 6.92 Å². The Bertz CT molecular complexity index is 107. The minimum Gasteiger partial charge on any atom is -0.317 e. The zero-order valence-corrected chi connectivity index (χ0v) is 5.52. The van der Waals surface area contributed by atoms with E-state index < -0.39 is 0 Å². The van der Waals surface area contributed by atoms with Crippen molar-refractivity contribution in [3.05, 3.63) is 0 Å². The van der Waals surface area contributed by atoms with E-state index in [1.54, 1.807) is 0 Å². The number of nitrogens with one attached hydrogen (secondary N) is 1. The molecule has 0 aliphatic heterocycles. The quantitative estimate of drug-likeness (QED) is 0.529. The number of hydrogen-bond donors (Lipinski definition) is 1. The first-order valence-corrected chi connectivity index (χ1v) is 3.52. The van der Waals surface area contributed by atoms with E-state index in [0.29, 0.717) is 0 Å². The van der Waals surface area contributed by atoms with Crippen molar-refractivity contribution in [3.8, 4) is 0 Å². The third kappa shape index (κ3) is 0.368. The Hall–Kier alpha value is -0.0400. The summed E-state index contributed by atoms with van der Waals surface area (Å²) in [4.78, 5) is 0. The first kappa shape index (κ1) is 4.80. The predicted molar refractivity (Wildman–Crippen MR) is 33.6 cm³/mol. The second-order valence-electron chi connectivity index (χ2n) is 3.23. The second-order valence-corrected chi connectivity index (χ2v) is 3.23. The fraction of sp³-hybridized carbons (Fsp3) is 1.00. The lowest BCUT2D eigenvalue weighted by molar-refractivity contribution is 0.335. The maximum atomic E-state index is 3.32. The number of fused-ring (bicyclic) bond motifs is 1. The van der Waals surface area contributed by atoms with Gasteiger partial charge in [-0.25, -0.2) is 0 Å². The van der Waals surface area contributed by atoms with Crippen LogP contribution in [0.15, 0.2) is 0 Å². The van der Waals surface area contributed by atoms with E-state index >= 15 is 0 Å². The normalized spacial score (nSPS) is 59.2. The Morgan fingerprint density at radius 1 is 1.50 bits per heavy atom. The number of rotatable bonds is 1. The lowest BCUT2D eigenvalue weighted by atomic mass is 9.94. The summed E-state index contributed by atoms with van der Waals surface area (Å²) in [6.45, 7) is 2.37. The molecule has 0 radical (unpaired) electrons. The van der Waals surface area contributed by atoms with Crippen LogP contribution in [0.5, 0.6) is 0 Å². The summed E-state index contributed by atoms with van der Waals surface area (Å²) in [5.74, 6) is 3.24. The van der Waals surface area contributed by atoms with Gasteiger partial charge in [0.15, 0.2) is 0 Å². The largest absolute Gasteiger partial charge is 0.317 e. The SMILES string of the molecule is CNC1CC2C(C)C12. The van der Waals surface area contributed by atoms with Crippen molar-refractivity contribution in [3.63, 3.8) is 0 Å². The topological polar surface area (TPSA) is 12.0 Å². The molecule has 2 rings (SSSR count). The van der Waals surface area contributed by atoms with Crippen LogP contribution >= 0.6 is 0 Å². The van der Waals surface area contributed by atoms with E-state index in [9.17, 15) is 0 Å². The second kappa shape index (κ2) is 1.27. The van der Waals surface area contributed by atoms with Gasteiger partial charge in [-0.3, -0.25) is 0 Å². The zero-order chi connectivity index (χ0) is 5.72. The zero-order valence-electron chi connectivity index (χ0n) is 5.52. The standard InChI is InChI=1S/C7H13N/c1-4-5-3-6(8-2)7(4)5/h4-8H,3H2,1-2H3. The smallest absolute Gasteiger partial charge is 0.0101 e. The van der Waals surface area contributed by atoms with Gasteiger partial charge in [-0.05, 0) is 31.2 Å². The number of hydrogen-bond acceptors (Lipinski definition) is 1. The molecular formula is C7H13N. The highest BCUT2D eigenvalue weighted by Crippen LogP contribution is 2.60. The molecule has 8 heavy (non-hydrogen) atoms. The highest BCUT2D eigenvalue weighted by Gasteiger charge is 2.59. The van der Waals surface area contributed by atoms with Crippen molar-refractivity contribution in [1.29, 1.82) is 0 Å². The van der Waals surface area contributed by atoms with Gasteiger partial charge in [0, 0.05) is 6.04 Å². The van der Waals surface area contributed by atoms with Crippen LogP contribution in [0.3, 0.4) is 0 Å². The molecule has 0 aromatic rings. The van der Waals surface area contributed by atoms with Crippen molar-refractivity contribution >= 4 is 0 Å². The Balaban J connectivity index is 1.93. The first-order chi connectivity index (χ1) is 3.84. The Morgan fingerprint density at radius 2 is 2.25 bits per heavy atom. The molecule has 0 amide bonds. The Kier molecular flexibility index (Phi) is 0.762. The molecule has 0 aromatic heterocycles. The molecule has 2 saturated carbocycles. The molecule has 0 heterocycles. The van der Waals surface area contributed by atoms with Gasteiger partial charge in [-0.15, -0.1) is 0 Å². The van der Waals surface area contributed by atoms with E-state index in [-0.39, 0.29) is 0 Å². The highest BCUT2D eigenvalue weighted by atomic mass is 15.0. The maximum Gasteiger partial charge on any atom is 0.0101 e. The van der Waals surface area contributed by atoms with Gasteiger partial charge >= 0.3 is 0 Å². The van der Waals surface area contributed by atoms with E-state index in [2.05, 4.69) is 19.3 Å². The van der Waals surface area contributed by atoms with Crippen LogP contribution in [0.25, 0.3) is 0 Å². The van der Waals surface area contributed by atoms with Gasteiger partial charge in [0.2, 0.25) is 0 Å². The average Bonchev–Trinajstić information content (AvgIpc) is 2.09. The highest BCUT2D eigenvalue weighted by molar-refractivity contribution is 5.11. The molecule has 2 aliphatic rings. The van der Waals surface area contributed by atoms with Gasteiger partial charge < -0.3 is 5.32 Å². The van der Waals surface area contributed by atoms with Gasteiger partial charge in [0.1, 0.15) is 0 Å². The van der Waals surface area contributed by atoms with Crippen molar-refractivity contribution in [1.82, 2.24) is 5.32 Å². The lowest BCUT2D eigenvalue weighted by Crippen LogP contribution is -2.35. The maximum absolute atomic E-state index is 3.32. The summed E-state index contributed by atoms with van der Waals surface area (Å²) in [5, 5.41) is 3.32. The third-order valence-corrected chi connectivity index (χ3v) is 3.00. The summed E-state index contributed by atoms with van der Waals surface area (Å²) in [5.41, 5.74) is 0. The minimum absolute atomic E-state index is 0.884. The van der Waals surface area contributed by atoms with Crippen LogP contribution in [0.4, 0.5) is 0 Å². The van der Waals surface area contributed by atoms with E-state index in [0.717, 1.165) is 23.8 Å². The molecule has 4 unspecified atom stereocenters. The van der Waals surface area contributed by atoms with Crippen molar-refractivity contribution in [2.75, 3.05) is 7.05 Å². The van der Waals surface area contributed by atoms with Crippen molar-refractivity contribution in [2.45, 2.75) is 19.4 Å². The molecule has 0 bridgehead atoms. The summed E-state index contributed by atoms with van der Waals surface area (Å²) >= 11 is 0. The van der Waals surface area contributed by atoms with Crippen LogP contribution in [0.2, 0.25) is 0 Å². The summed E-state index contributed by atoms with van der Waals surface area (Å²) in [6.07, 6.45) is 1.45. The van der Waals surface area contributed by atoms with Crippen LogP contribution in [0.1, 0.15) is 13.3 Å². The minimum atomic E-state index is 0.884. The fourth-order valence-electron chi connectivity index (χ4n) is 2.18. The molecule has 1 nitrogen and oxygen atoms in total. The molecule has 0 saturated heterocycles.